The molecule has 23 heavy (non-hydrogen) atoms. The first-order valence-corrected chi connectivity index (χ1v) is 7.75. The van der Waals surface area contributed by atoms with E-state index < -0.39 is 0 Å². The molecule has 122 valence electrons. The maximum atomic E-state index is 12.1. The molecule has 0 aliphatic carbocycles. The van der Waals surface area contributed by atoms with E-state index in [2.05, 4.69) is 20.4 Å². The van der Waals surface area contributed by atoms with Gasteiger partial charge in [-0.05, 0) is 13.3 Å². The SMILES string of the molecule is Cc1cc(C[C@@H]2COC[C@@H]2NC(=O)CCc2cnccn2)on1. The number of carbonyl (C=O) groups excluding carboxylic acids is 1. The van der Waals surface area contributed by atoms with Crippen molar-refractivity contribution in [3.8, 4) is 0 Å². The largest absolute Gasteiger partial charge is 0.379 e. The summed E-state index contributed by atoms with van der Waals surface area (Å²) in [5.41, 5.74) is 1.68. The number of hydrogen-bond donors (Lipinski definition) is 1. The lowest BCUT2D eigenvalue weighted by Gasteiger charge is -2.17. The molecule has 0 saturated carbocycles. The van der Waals surface area contributed by atoms with Gasteiger partial charge < -0.3 is 14.6 Å². The van der Waals surface area contributed by atoms with Crippen LogP contribution in [0.15, 0.2) is 29.2 Å². The Labute approximate surface area is 134 Å². The van der Waals surface area contributed by atoms with E-state index in [9.17, 15) is 4.79 Å². The predicted octanol–water partition coefficient (Wildman–Crippen LogP) is 1.08. The third-order valence-electron chi connectivity index (χ3n) is 3.91. The summed E-state index contributed by atoms with van der Waals surface area (Å²) in [4.78, 5) is 20.3. The van der Waals surface area contributed by atoms with Crippen LogP contribution in [-0.2, 0) is 22.4 Å². The molecule has 1 aliphatic rings. The minimum atomic E-state index is 0.00454. The topological polar surface area (TPSA) is 90.1 Å². The van der Waals surface area contributed by atoms with E-state index in [0.29, 0.717) is 26.1 Å². The van der Waals surface area contributed by atoms with Crippen molar-refractivity contribution in [2.75, 3.05) is 13.2 Å². The van der Waals surface area contributed by atoms with Crippen molar-refractivity contribution in [3.05, 3.63) is 41.8 Å². The monoisotopic (exact) mass is 316 g/mol. The predicted molar refractivity (Wildman–Crippen MR) is 81.5 cm³/mol. The van der Waals surface area contributed by atoms with Crippen LogP contribution in [0.2, 0.25) is 0 Å². The molecule has 1 aliphatic heterocycles. The first-order chi connectivity index (χ1) is 11.2. The number of aryl methyl sites for hydroxylation is 2. The van der Waals surface area contributed by atoms with Gasteiger partial charge in [0.2, 0.25) is 5.91 Å². The highest BCUT2D eigenvalue weighted by molar-refractivity contribution is 5.76. The second-order valence-corrected chi connectivity index (χ2v) is 5.81. The minimum absolute atomic E-state index is 0.00454. The summed E-state index contributed by atoms with van der Waals surface area (Å²) in [5, 5.41) is 6.94. The number of carbonyl (C=O) groups is 1. The van der Waals surface area contributed by atoms with Gasteiger partial charge in [0, 0.05) is 43.4 Å². The fraction of sp³-hybridized carbons (Fsp3) is 0.500. The summed E-state index contributed by atoms with van der Waals surface area (Å²) in [5.74, 6) is 1.05. The zero-order valence-electron chi connectivity index (χ0n) is 13.1. The Morgan fingerprint density at radius 1 is 1.39 bits per heavy atom. The van der Waals surface area contributed by atoms with E-state index in [1.54, 1.807) is 18.6 Å². The van der Waals surface area contributed by atoms with Crippen molar-refractivity contribution in [1.29, 1.82) is 0 Å². The van der Waals surface area contributed by atoms with E-state index in [1.165, 1.54) is 0 Å². The van der Waals surface area contributed by atoms with Crippen molar-refractivity contribution < 1.29 is 14.1 Å². The molecule has 3 heterocycles. The first-order valence-electron chi connectivity index (χ1n) is 7.75. The van der Waals surface area contributed by atoms with Crippen LogP contribution in [-0.4, -0.2) is 40.3 Å². The Morgan fingerprint density at radius 3 is 3.04 bits per heavy atom. The lowest BCUT2D eigenvalue weighted by Crippen LogP contribution is -2.40. The van der Waals surface area contributed by atoms with Crippen molar-refractivity contribution in [2.24, 2.45) is 5.92 Å². The molecular formula is C16H20N4O3. The number of amides is 1. The fourth-order valence-electron chi connectivity index (χ4n) is 2.71. The van der Waals surface area contributed by atoms with Crippen LogP contribution in [0.3, 0.4) is 0 Å². The highest BCUT2D eigenvalue weighted by Crippen LogP contribution is 2.20. The van der Waals surface area contributed by atoms with Crippen molar-refractivity contribution in [2.45, 2.75) is 32.2 Å². The number of hydrogen-bond acceptors (Lipinski definition) is 6. The molecule has 7 nitrogen and oxygen atoms in total. The van der Waals surface area contributed by atoms with E-state index in [-0.39, 0.29) is 17.9 Å². The summed E-state index contributed by atoms with van der Waals surface area (Å²) in [6, 6.07) is 1.93. The Bertz CT molecular complexity index is 644. The van der Waals surface area contributed by atoms with Gasteiger partial charge in [0.1, 0.15) is 5.76 Å². The van der Waals surface area contributed by atoms with E-state index in [1.807, 2.05) is 13.0 Å². The number of aromatic nitrogens is 3. The Kier molecular flexibility index (Phi) is 4.97. The maximum Gasteiger partial charge on any atom is 0.220 e. The van der Waals surface area contributed by atoms with Crippen LogP contribution in [0.5, 0.6) is 0 Å². The van der Waals surface area contributed by atoms with Crippen LogP contribution in [0.1, 0.15) is 23.6 Å². The van der Waals surface area contributed by atoms with Gasteiger partial charge in [0.05, 0.1) is 30.6 Å². The normalized spacial score (nSPS) is 20.6. The van der Waals surface area contributed by atoms with Crippen molar-refractivity contribution in [1.82, 2.24) is 20.4 Å². The van der Waals surface area contributed by atoms with Gasteiger partial charge in [-0.2, -0.15) is 0 Å². The molecule has 0 radical (unpaired) electrons. The van der Waals surface area contributed by atoms with Gasteiger partial charge in [-0.25, -0.2) is 0 Å². The molecule has 0 spiro atoms. The fourth-order valence-corrected chi connectivity index (χ4v) is 2.71. The second kappa shape index (κ2) is 7.32. The van der Waals surface area contributed by atoms with Crippen LogP contribution >= 0.6 is 0 Å². The summed E-state index contributed by atoms with van der Waals surface area (Å²) >= 11 is 0. The van der Waals surface area contributed by atoms with Crippen LogP contribution < -0.4 is 5.32 Å². The maximum absolute atomic E-state index is 12.1. The Balaban J connectivity index is 1.49. The van der Waals surface area contributed by atoms with Crippen LogP contribution in [0.25, 0.3) is 0 Å². The molecule has 1 N–H and O–H groups in total. The van der Waals surface area contributed by atoms with Crippen molar-refractivity contribution >= 4 is 5.91 Å². The van der Waals surface area contributed by atoms with Crippen molar-refractivity contribution in [3.63, 3.8) is 0 Å². The number of nitrogens with zero attached hydrogens (tertiary/aromatic N) is 3. The summed E-state index contributed by atoms with van der Waals surface area (Å²) in [6.07, 6.45) is 6.63. The average molecular weight is 316 g/mol. The quantitative estimate of drug-likeness (QED) is 0.857. The zero-order valence-corrected chi connectivity index (χ0v) is 13.1. The van der Waals surface area contributed by atoms with Crippen LogP contribution in [0.4, 0.5) is 0 Å². The number of nitrogens with one attached hydrogen (secondary N) is 1. The average Bonchev–Trinajstić information content (AvgIpc) is 3.16. The van der Waals surface area contributed by atoms with Gasteiger partial charge >= 0.3 is 0 Å². The molecule has 7 heteroatoms. The van der Waals surface area contributed by atoms with Gasteiger partial charge in [-0.3, -0.25) is 14.8 Å². The summed E-state index contributed by atoms with van der Waals surface area (Å²) in [6.45, 7) is 3.05. The highest BCUT2D eigenvalue weighted by atomic mass is 16.5. The standard InChI is InChI=1S/C16H20N4O3/c1-11-6-14(23-20-11)7-12-9-22-10-15(12)19-16(21)3-2-13-8-17-4-5-18-13/h4-6,8,12,15H,2-3,7,9-10H2,1H3,(H,19,21)/t12-,15+/m1/s1. The lowest BCUT2D eigenvalue weighted by atomic mass is 9.98. The van der Waals surface area contributed by atoms with Gasteiger partial charge in [0.25, 0.3) is 0 Å². The molecule has 1 fully saturated rings. The van der Waals surface area contributed by atoms with E-state index >= 15 is 0 Å². The molecule has 3 rings (SSSR count). The zero-order chi connectivity index (χ0) is 16.1. The van der Waals surface area contributed by atoms with E-state index in [0.717, 1.165) is 23.6 Å². The van der Waals surface area contributed by atoms with Crippen LogP contribution in [0, 0.1) is 12.8 Å². The molecule has 0 unspecified atom stereocenters. The molecule has 2 atom stereocenters. The second-order valence-electron chi connectivity index (χ2n) is 5.81. The molecule has 1 saturated heterocycles. The number of rotatable bonds is 6. The smallest absolute Gasteiger partial charge is 0.220 e. The third kappa shape index (κ3) is 4.35. The first kappa shape index (κ1) is 15.6. The molecule has 2 aromatic rings. The Hall–Kier alpha value is -2.28. The van der Waals surface area contributed by atoms with E-state index in [4.69, 9.17) is 9.26 Å². The summed E-state index contributed by atoms with van der Waals surface area (Å²) < 4.78 is 10.8. The number of ether oxygens (including phenoxy) is 1. The molecular weight excluding hydrogens is 296 g/mol. The lowest BCUT2D eigenvalue weighted by molar-refractivity contribution is -0.122. The summed E-state index contributed by atoms with van der Waals surface area (Å²) in [7, 11) is 0. The minimum Gasteiger partial charge on any atom is -0.379 e. The Morgan fingerprint density at radius 2 is 2.30 bits per heavy atom. The van der Waals surface area contributed by atoms with Gasteiger partial charge in [0.15, 0.2) is 0 Å². The molecule has 0 bridgehead atoms. The molecule has 1 amide bonds. The van der Waals surface area contributed by atoms with Gasteiger partial charge in [-0.15, -0.1) is 0 Å². The third-order valence-corrected chi connectivity index (χ3v) is 3.91. The highest BCUT2D eigenvalue weighted by Gasteiger charge is 2.30. The van der Waals surface area contributed by atoms with Gasteiger partial charge in [-0.1, -0.05) is 5.16 Å². The molecule has 2 aromatic heterocycles. The molecule has 0 aromatic carbocycles.